The molecule has 2 N–H and O–H groups in total. The molecule has 0 aliphatic carbocycles. The predicted octanol–water partition coefficient (Wildman–Crippen LogP) is 4.49. The van der Waals surface area contributed by atoms with E-state index in [1.54, 1.807) is 5.38 Å². The van der Waals surface area contributed by atoms with Crippen molar-refractivity contribution in [2.45, 2.75) is 20.3 Å². The number of halogens is 1. The van der Waals surface area contributed by atoms with Gasteiger partial charge >= 0.3 is 0 Å². The zero-order chi connectivity index (χ0) is 20.8. The molecule has 0 spiro atoms. The third-order valence-corrected chi connectivity index (χ3v) is 4.80. The second-order valence-electron chi connectivity index (χ2n) is 6.17. The molecule has 150 valence electrons. The first-order valence-corrected chi connectivity index (χ1v) is 9.87. The van der Waals surface area contributed by atoms with Crippen molar-refractivity contribution in [1.29, 1.82) is 0 Å². The number of hydrogen-bond acceptors (Lipinski definition) is 5. The highest BCUT2D eigenvalue weighted by Gasteiger charge is 2.14. The summed E-state index contributed by atoms with van der Waals surface area (Å²) in [5, 5.41) is 7.62. The van der Waals surface area contributed by atoms with E-state index >= 15 is 0 Å². The van der Waals surface area contributed by atoms with Gasteiger partial charge < -0.3 is 15.4 Å². The summed E-state index contributed by atoms with van der Waals surface area (Å²) in [5.41, 5.74) is 1.84. The fourth-order valence-electron chi connectivity index (χ4n) is 2.70. The number of nitrogens with one attached hydrogen (secondary N) is 2. The summed E-state index contributed by atoms with van der Waals surface area (Å²) in [6, 6.07) is 11.6. The number of amides is 2. The highest BCUT2D eigenvalue weighted by molar-refractivity contribution is 7.13. The molecule has 29 heavy (non-hydrogen) atoms. The largest absolute Gasteiger partial charge is 0.493 e. The molecule has 0 aliphatic heterocycles. The third kappa shape index (κ3) is 5.39. The van der Waals surface area contributed by atoms with Crippen LogP contribution in [0.4, 0.5) is 15.8 Å². The zero-order valence-corrected chi connectivity index (χ0v) is 16.8. The highest BCUT2D eigenvalue weighted by Crippen LogP contribution is 2.32. The molecule has 0 unspecified atom stereocenters. The van der Waals surface area contributed by atoms with Gasteiger partial charge in [-0.25, -0.2) is 9.37 Å². The summed E-state index contributed by atoms with van der Waals surface area (Å²) in [6.07, 6.45) is -0.00287. The maximum Gasteiger partial charge on any atom is 0.230 e. The SMILES string of the molecule is CCOc1ccccc1-c1nc(CC(=O)Nc2cc(NC(C)=O)ccc2F)cs1. The van der Waals surface area contributed by atoms with Crippen molar-refractivity contribution < 1.29 is 18.7 Å². The second kappa shape index (κ2) is 9.29. The van der Waals surface area contributed by atoms with Gasteiger partial charge in [-0.15, -0.1) is 11.3 Å². The lowest BCUT2D eigenvalue weighted by atomic mass is 10.2. The van der Waals surface area contributed by atoms with Crippen LogP contribution in [0.1, 0.15) is 19.5 Å². The van der Waals surface area contributed by atoms with E-state index in [0.29, 0.717) is 18.0 Å². The average molecular weight is 413 g/mol. The number of carbonyl (C=O) groups excluding carboxylic acids is 2. The van der Waals surface area contributed by atoms with E-state index in [0.717, 1.165) is 16.3 Å². The molecule has 0 aliphatic rings. The van der Waals surface area contributed by atoms with Crippen molar-refractivity contribution in [2.75, 3.05) is 17.2 Å². The predicted molar refractivity (Wildman–Crippen MR) is 112 cm³/mol. The monoisotopic (exact) mass is 413 g/mol. The first-order chi connectivity index (χ1) is 14.0. The number of benzene rings is 2. The Balaban J connectivity index is 1.71. The minimum atomic E-state index is -0.586. The molecule has 6 nitrogen and oxygen atoms in total. The minimum absolute atomic E-state index is 0.00149. The second-order valence-corrected chi connectivity index (χ2v) is 7.03. The quantitative estimate of drug-likeness (QED) is 0.598. The Morgan fingerprint density at radius 1 is 1.17 bits per heavy atom. The number of anilines is 2. The number of para-hydroxylation sites is 1. The maximum atomic E-state index is 14.0. The summed E-state index contributed by atoms with van der Waals surface area (Å²) in [7, 11) is 0. The lowest BCUT2D eigenvalue weighted by Crippen LogP contribution is -2.16. The van der Waals surface area contributed by atoms with Crippen LogP contribution in [0, 0.1) is 5.82 Å². The molecule has 1 heterocycles. The number of carbonyl (C=O) groups is 2. The van der Waals surface area contributed by atoms with E-state index in [9.17, 15) is 14.0 Å². The molecule has 0 radical (unpaired) electrons. The van der Waals surface area contributed by atoms with Crippen LogP contribution in [-0.4, -0.2) is 23.4 Å². The molecule has 3 aromatic rings. The van der Waals surface area contributed by atoms with Crippen molar-refractivity contribution in [1.82, 2.24) is 4.98 Å². The summed E-state index contributed by atoms with van der Waals surface area (Å²) < 4.78 is 19.6. The Labute approximate surface area is 171 Å². The topological polar surface area (TPSA) is 80.3 Å². The van der Waals surface area contributed by atoms with Crippen LogP contribution < -0.4 is 15.4 Å². The highest BCUT2D eigenvalue weighted by atomic mass is 32.1. The van der Waals surface area contributed by atoms with Crippen LogP contribution >= 0.6 is 11.3 Å². The van der Waals surface area contributed by atoms with Gasteiger partial charge in [0.1, 0.15) is 16.6 Å². The summed E-state index contributed by atoms with van der Waals surface area (Å²) in [6.45, 7) is 3.81. The fraction of sp³-hybridized carbons (Fsp3) is 0.190. The molecular weight excluding hydrogens is 393 g/mol. The van der Waals surface area contributed by atoms with Gasteiger partial charge in [0.25, 0.3) is 0 Å². The molecule has 0 bridgehead atoms. The van der Waals surface area contributed by atoms with Gasteiger partial charge in [-0.05, 0) is 37.3 Å². The Hall–Kier alpha value is -3.26. The van der Waals surface area contributed by atoms with Crippen molar-refractivity contribution in [2.24, 2.45) is 0 Å². The van der Waals surface area contributed by atoms with E-state index < -0.39 is 11.7 Å². The van der Waals surface area contributed by atoms with E-state index in [2.05, 4.69) is 15.6 Å². The molecule has 0 fully saturated rings. The van der Waals surface area contributed by atoms with Gasteiger partial charge in [-0.1, -0.05) is 12.1 Å². The Kier molecular flexibility index (Phi) is 6.56. The van der Waals surface area contributed by atoms with Crippen LogP contribution in [0.15, 0.2) is 47.8 Å². The van der Waals surface area contributed by atoms with Crippen molar-refractivity contribution in [3.05, 3.63) is 59.4 Å². The van der Waals surface area contributed by atoms with Gasteiger partial charge in [-0.3, -0.25) is 9.59 Å². The zero-order valence-electron chi connectivity index (χ0n) is 16.0. The lowest BCUT2D eigenvalue weighted by molar-refractivity contribution is -0.116. The van der Waals surface area contributed by atoms with Crippen LogP contribution in [0.2, 0.25) is 0 Å². The molecule has 2 amide bonds. The average Bonchev–Trinajstić information content (AvgIpc) is 3.13. The summed E-state index contributed by atoms with van der Waals surface area (Å²) in [4.78, 5) is 28.0. The number of nitrogens with zero attached hydrogens (tertiary/aromatic N) is 1. The molecule has 0 saturated carbocycles. The number of rotatable bonds is 7. The smallest absolute Gasteiger partial charge is 0.230 e. The van der Waals surface area contributed by atoms with E-state index in [-0.39, 0.29) is 18.0 Å². The molecule has 3 rings (SSSR count). The van der Waals surface area contributed by atoms with Crippen LogP contribution in [-0.2, 0) is 16.0 Å². The Morgan fingerprint density at radius 3 is 2.72 bits per heavy atom. The number of hydrogen-bond donors (Lipinski definition) is 2. The first-order valence-electron chi connectivity index (χ1n) is 9.00. The van der Waals surface area contributed by atoms with E-state index in [1.165, 1.54) is 36.5 Å². The number of aromatic nitrogens is 1. The molecule has 1 aromatic heterocycles. The van der Waals surface area contributed by atoms with Crippen LogP contribution in [0.25, 0.3) is 10.6 Å². The molecule has 0 atom stereocenters. The number of thiazole rings is 1. The van der Waals surface area contributed by atoms with Crippen molar-refractivity contribution in [3.8, 4) is 16.3 Å². The first kappa shape index (κ1) is 20.5. The standard InChI is InChI=1S/C21H20FN3O3S/c1-3-28-19-7-5-4-6-16(19)21-24-15(12-29-21)11-20(27)25-18-10-14(23-13(2)26)8-9-17(18)22/h4-10,12H,3,11H2,1-2H3,(H,23,26)(H,25,27). The Morgan fingerprint density at radius 2 is 1.97 bits per heavy atom. The fourth-order valence-corrected chi connectivity index (χ4v) is 3.55. The third-order valence-electron chi connectivity index (χ3n) is 3.87. The van der Waals surface area contributed by atoms with Crippen molar-refractivity contribution >= 4 is 34.5 Å². The lowest BCUT2D eigenvalue weighted by Gasteiger charge is -2.09. The molecule has 2 aromatic carbocycles. The van der Waals surface area contributed by atoms with Crippen LogP contribution in [0.3, 0.4) is 0 Å². The minimum Gasteiger partial charge on any atom is -0.493 e. The Bertz CT molecular complexity index is 1040. The summed E-state index contributed by atoms with van der Waals surface area (Å²) >= 11 is 1.41. The van der Waals surface area contributed by atoms with E-state index in [1.807, 2.05) is 31.2 Å². The van der Waals surface area contributed by atoms with Gasteiger partial charge in [0.15, 0.2) is 0 Å². The molecular formula is C21H20FN3O3S. The molecule has 8 heteroatoms. The van der Waals surface area contributed by atoms with Gasteiger partial charge in [0.05, 0.1) is 30.0 Å². The van der Waals surface area contributed by atoms with Crippen molar-refractivity contribution in [3.63, 3.8) is 0 Å². The van der Waals surface area contributed by atoms with Gasteiger partial charge in [0.2, 0.25) is 11.8 Å². The maximum absolute atomic E-state index is 14.0. The van der Waals surface area contributed by atoms with Gasteiger partial charge in [0, 0.05) is 18.0 Å². The summed E-state index contributed by atoms with van der Waals surface area (Å²) in [5.74, 6) is -0.538. The van der Waals surface area contributed by atoms with Crippen LogP contribution in [0.5, 0.6) is 5.75 Å². The number of ether oxygens (including phenoxy) is 1. The van der Waals surface area contributed by atoms with E-state index in [4.69, 9.17) is 4.74 Å². The normalized spacial score (nSPS) is 10.4. The van der Waals surface area contributed by atoms with Gasteiger partial charge in [-0.2, -0.15) is 0 Å². The molecule has 0 saturated heterocycles.